The van der Waals surface area contributed by atoms with Crippen molar-refractivity contribution in [2.24, 2.45) is 0 Å². The van der Waals surface area contributed by atoms with Crippen LogP contribution in [0.25, 0.3) is 0 Å². The van der Waals surface area contributed by atoms with Crippen molar-refractivity contribution in [3.63, 3.8) is 0 Å². The minimum Gasteiger partial charge on any atom is -0.378 e. The zero-order chi connectivity index (χ0) is 19.1. The maximum absolute atomic E-state index is 12.3. The Labute approximate surface area is 161 Å². The fourth-order valence-electron chi connectivity index (χ4n) is 3.38. The average molecular weight is 374 g/mol. The lowest BCUT2D eigenvalue weighted by atomic mass is 10.1. The van der Waals surface area contributed by atoms with Crippen LogP contribution in [0.1, 0.15) is 11.1 Å². The molecular weight excluding hydrogens is 344 g/mol. The second-order valence-electron chi connectivity index (χ2n) is 7.31. The first-order valence-corrected chi connectivity index (χ1v) is 9.72. The van der Waals surface area contributed by atoms with Crippen molar-refractivity contribution < 1.29 is 14.3 Å². The number of carbonyl (C=O) groups is 2. The molecule has 0 atom stereocenters. The van der Waals surface area contributed by atoms with Gasteiger partial charge in [0.15, 0.2) is 0 Å². The molecule has 0 unspecified atom stereocenters. The van der Waals surface area contributed by atoms with Crippen LogP contribution in [0.15, 0.2) is 24.3 Å². The van der Waals surface area contributed by atoms with Gasteiger partial charge in [-0.2, -0.15) is 0 Å². The summed E-state index contributed by atoms with van der Waals surface area (Å²) in [5, 5.41) is 2.99. The van der Waals surface area contributed by atoms with E-state index in [9.17, 15) is 9.59 Å². The largest absolute Gasteiger partial charge is 0.378 e. The summed E-state index contributed by atoms with van der Waals surface area (Å²) in [7, 11) is 0. The van der Waals surface area contributed by atoms with Gasteiger partial charge in [-0.3, -0.25) is 19.4 Å². The number of hydrogen-bond donors (Lipinski definition) is 1. The maximum atomic E-state index is 12.3. The molecule has 1 N–H and O–H groups in total. The first kappa shape index (κ1) is 19.8. The van der Waals surface area contributed by atoms with Gasteiger partial charge in [-0.1, -0.05) is 29.8 Å². The Morgan fingerprint density at radius 3 is 2.15 bits per heavy atom. The highest BCUT2D eigenvalue weighted by Crippen LogP contribution is 2.05. The van der Waals surface area contributed by atoms with Gasteiger partial charge in [0.2, 0.25) is 11.8 Å². The van der Waals surface area contributed by atoms with E-state index in [0.29, 0.717) is 45.9 Å². The van der Waals surface area contributed by atoms with Gasteiger partial charge < -0.3 is 15.0 Å². The topological polar surface area (TPSA) is 65.1 Å². The molecule has 0 radical (unpaired) electrons. The smallest absolute Gasteiger partial charge is 0.236 e. The van der Waals surface area contributed by atoms with E-state index in [2.05, 4.69) is 34.2 Å². The van der Waals surface area contributed by atoms with Crippen LogP contribution in [0.4, 0.5) is 0 Å². The van der Waals surface area contributed by atoms with Crippen molar-refractivity contribution in [3.05, 3.63) is 35.4 Å². The van der Waals surface area contributed by atoms with E-state index in [0.717, 1.165) is 31.7 Å². The lowest BCUT2D eigenvalue weighted by Crippen LogP contribution is -2.52. The van der Waals surface area contributed by atoms with Gasteiger partial charge in [-0.05, 0) is 12.5 Å². The first-order chi connectivity index (χ1) is 13.1. The zero-order valence-electron chi connectivity index (χ0n) is 16.2. The molecule has 1 aromatic rings. The fraction of sp³-hybridized carbons (Fsp3) is 0.600. The van der Waals surface area contributed by atoms with E-state index in [-0.39, 0.29) is 11.8 Å². The van der Waals surface area contributed by atoms with Gasteiger partial charge in [0.25, 0.3) is 0 Å². The Hall–Kier alpha value is -1.96. The number of nitrogens with one attached hydrogen (secondary N) is 1. The third-order valence-corrected chi connectivity index (χ3v) is 5.17. The number of hydrogen-bond acceptors (Lipinski definition) is 5. The van der Waals surface area contributed by atoms with Crippen molar-refractivity contribution in [1.82, 2.24) is 20.0 Å². The number of aryl methyl sites for hydroxylation is 1. The molecule has 27 heavy (non-hydrogen) atoms. The molecule has 1 aromatic carbocycles. The predicted molar refractivity (Wildman–Crippen MR) is 103 cm³/mol. The maximum Gasteiger partial charge on any atom is 0.236 e. The van der Waals surface area contributed by atoms with E-state index in [4.69, 9.17) is 4.74 Å². The Morgan fingerprint density at radius 2 is 1.52 bits per heavy atom. The third-order valence-electron chi connectivity index (χ3n) is 5.17. The lowest BCUT2D eigenvalue weighted by molar-refractivity contribution is -0.137. The molecule has 2 saturated heterocycles. The highest BCUT2D eigenvalue weighted by atomic mass is 16.5. The summed E-state index contributed by atoms with van der Waals surface area (Å²) in [5.41, 5.74) is 2.33. The SMILES string of the molecule is Cc1ccc(CNC(=O)CN2CCN(CC(=O)N3CCOCC3)CC2)cc1. The van der Waals surface area contributed by atoms with Crippen LogP contribution < -0.4 is 5.32 Å². The summed E-state index contributed by atoms with van der Waals surface area (Å²) in [6.07, 6.45) is 0. The zero-order valence-corrected chi connectivity index (χ0v) is 16.2. The molecule has 2 heterocycles. The van der Waals surface area contributed by atoms with Gasteiger partial charge >= 0.3 is 0 Å². The molecule has 2 aliphatic heterocycles. The Balaban J connectivity index is 1.33. The van der Waals surface area contributed by atoms with Crippen LogP contribution in [-0.2, 0) is 20.9 Å². The van der Waals surface area contributed by atoms with Gasteiger partial charge in [-0.15, -0.1) is 0 Å². The van der Waals surface area contributed by atoms with E-state index in [1.807, 2.05) is 17.0 Å². The van der Waals surface area contributed by atoms with E-state index >= 15 is 0 Å². The predicted octanol–water partition coefficient (Wildman–Crippen LogP) is 0.0876. The van der Waals surface area contributed by atoms with Crippen molar-refractivity contribution in [2.45, 2.75) is 13.5 Å². The Kier molecular flexibility index (Phi) is 7.20. The van der Waals surface area contributed by atoms with Crippen molar-refractivity contribution in [2.75, 3.05) is 65.6 Å². The van der Waals surface area contributed by atoms with Crippen molar-refractivity contribution >= 4 is 11.8 Å². The van der Waals surface area contributed by atoms with Crippen molar-refractivity contribution in [3.8, 4) is 0 Å². The number of amides is 2. The Morgan fingerprint density at radius 1 is 0.926 bits per heavy atom. The van der Waals surface area contributed by atoms with Crippen LogP contribution >= 0.6 is 0 Å². The lowest BCUT2D eigenvalue weighted by Gasteiger charge is -2.35. The molecule has 2 amide bonds. The number of rotatable bonds is 6. The van der Waals surface area contributed by atoms with Crippen LogP contribution in [-0.4, -0.2) is 92.1 Å². The monoisotopic (exact) mass is 374 g/mol. The highest BCUT2D eigenvalue weighted by molar-refractivity contribution is 5.78. The highest BCUT2D eigenvalue weighted by Gasteiger charge is 2.23. The third kappa shape index (κ3) is 6.30. The average Bonchev–Trinajstić information content (AvgIpc) is 2.70. The Bertz CT molecular complexity index is 621. The van der Waals surface area contributed by atoms with Crippen LogP contribution in [0.3, 0.4) is 0 Å². The van der Waals surface area contributed by atoms with E-state index in [1.54, 1.807) is 0 Å². The molecule has 148 valence electrons. The van der Waals surface area contributed by atoms with Gasteiger partial charge in [-0.25, -0.2) is 0 Å². The molecule has 0 saturated carbocycles. The summed E-state index contributed by atoms with van der Waals surface area (Å²) < 4.78 is 5.29. The molecule has 2 fully saturated rings. The number of benzene rings is 1. The molecule has 0 bridgehead atoms. The summed E-state index contributed by atoms with van der Waals surface area (Å²) in [5.74, 6) is 0.232. The van der Waals surface area contributed by atoms with E-state index < -0.39 is 0 Å². The fourth-order valence-corrected chi connectivity index (χ4v) is 3.38. The molecule has 3 rings (SSSR count). The van der Waals surface area contributed by atoms with Crippen LogP contribution in [0, 0.1) is 6.92 Å². The second kappa shape index (κ2) is 9.82. The quantitative estimate of drug-likeness (QED) is 0.765. The van der Waals surface area contributed by atoms with Crippen molar-refractivity contribution in [1.29, 1.82) is 0 Å². The summed E-state index contributed by atoms with van der Waals surface area (Å²) in [6.45, 7) is 9.42. The number of ether oxygens (including phenoxy) is 1. The summed E-state index contributed by atoms with van der Waals surface area (Å²) in [6, 6.07) is 8.19. The van der Waals surface area contributed by atoms with Crippen LogP contribution in [0.5, 0.6) is 0 Å². The van der Waals surface area contributed by atoms with Gasteiger partial charge in [0, 0.05) is 45.8 Å². The molecule has 0 spiro atoms. The molecule has 0 aliphatic carbocycles. The molecule has 2 aliphatic rings. The second-order valence-corrected chi connectivity index (χ2v) is 7.31. The standard InChI is InChI=1S/C20H30N4O3/c1-17-2-4-18(5-3-17)14-21-19(25)15-22-6-8-23(9-7-22)16-20(26)24-10-12-27-13-11-24/h2-5H,6-16H2,1H3,(H,21,25). The molecule has 7 heteroatoms. The first-order valence-electron chi connectivity index (χ1n) is 9.72. The number of carbonyl (C=O) groups excluding carboxylic acids is 2. The minimum atomic E-state index is 0.0495. The van der Waals surface area contributed by atoms with Gasteiger partial charge in [0.05, 0.1) is 26.3 Å². The minimum absolute atomic E-state index is 0.0495. The summed E-state index contributed by atoms with van der Waals surface area (Å²) in [4.78, 5) is 30.7. The number of piperazine rings is 1. The van der Waals surface area contributed by atoms with Gasteiger partial charge in [0.1, 0.15) is 0 Å². The molecular formula is C20H30N4O3. The van der Waals surface area contributed by atoms with Crippen LogP contribution in [0.2, 0.25) is 0 Å². The number of morpholine rings is 1. The molecule has 0 aromatic heterocycles. The van der Waals surface area contributed by atoms with E-state index in [1.165, 1.54) is 5.56 Å². The normalized spacial score (nSPS) is 19.1. The number of nitrogens with zero attached hydrogens (tertiary/aromatic N) is 3. The molecule has 7 nitrogen and oxygen atoms in total. The summed E-state index contributed by atoms with van der Waals surface area (Å²) >= 11 is 0.